The second kappa shape index (κ2) is 7.95. The highest BCUT2D eigenvalue weighted by Crippen LogP contribution is 2.33. The fourth-order valence-electron chi connectivity index (χ4n) is 3.00. The number of cyclic esters (lactones) is 1. The van der Waals surface area contributed by atoms with Crippen LogP contribution in [-0.4, -0.2) is 51.8 Å². The van der Waals surface area contributed by atoms with E-state index < -0.39 is 18.0 Å². The molecule has 3 aromatic rings. The highest BCUT2D eigenvalue weighted by atomic mass is 32.1. The van der Waals surface area contributed by atoms with E-state index in [1.165, 1.54) is 29.2 Å². The van der Waals surface area contributed by atoms with Crippen molar-refractivity contribution >= 4 is 29.0 Å². The van der Waals surface area contributed by atoms with Crippen LogP contribution in [0.2, 0.25) is 0 Å². The summed E-state index contributed by atoms with van der Waals surface area (Å²) in [5, 5.41) is 16.4. The first-order valence-corrected chi connectivity index (χ1v) is 9.65. The summed E-state index contributed by atoms with van der Waals surface area (Å²) in [5.41, 5.74) is 0.852. The Hall–Kier alpha value is -3.34. The number of halogens is 1. The van der Waals surface area contributed by atoms with E-state index >= 15 is 0 Å². The minimum absolute atomic E-state index is 0.204. The largest absolute Gasteiger partial charge is 0.442 e. The molecule has 0 radical (unpaired) electrons. The molecular formula is C18H17FN6O3S. The predicted octanol–water partition coefficient (Wildman–Crippen LogP) is 2.12. The van der Waals surface area contributed by atoms with Crippen molar-refractivity contribution in [1.82, 2.24) is 25.9 Å². The molecule has 1 aromatic carbocycles. The highest BCUT2D eigenvalue weighted by Gasteiger charge is 2.32. The summed E-state index contributed by atoms with van der Waals surface area (Å²) < 4.78 is 20.0. The molecule has 1 saturated heterocycles. The smallest absolute Gasteiger partial charge is 0.414 e. The monoisotopic (exact) mass is 416 g/mol. The van der Waals surface area contributed by atoms with Crippen LogP contribution in [0.25, 0.3) is 10.4 Å². The van der Waals surface area contributed by atoms with E-state index in [1.54, 1.807) is 12.1 Å². The van der Waals surface area contributed by atoms with Gasteiger partial charge in [0.05, 0.1) is 18.8 Å². The number of aromatic amines is 1. The number of anilines is 1. The Morgan fingerprint density at radius 3 is 3.00 bits per heavy atom. The maximum Gasteiger partial charge on any atom is 0.414 e. The zero-order chi connectivity index (χ0) is 20.4. The lowest BCUT2D eigenvalue weighted by atomic mass is 10.1. The number of carbonyl (C=O) groups excluding carboxylic acids is 2. The van der Waals surface area contributed by atoms with Crippen LogP contribution in [0, 0.1) is 5.82 Å². The average Bonchev–Trinajstić information content (AvgIpc) is 3.42. The van der Waals surface area contributed by atoms with E-state index in [9.17, 15) is 14.0 Å². The molecule has 2 N–H and O–H groups in total. The van der Waals surface area contributed by atoms with Crippen molar-refractivity contribution in [2.24, 2.45) is 0 Å². The first-order chi connectivity index (χ1) is 14.0. The van der Waals surface area contributed by atoms with Crippen LogP contribution in [-0.2, 0) is 16.0 Å². The van der Waals surface area contributed by atoms with Crippen molar-refractivity contribution in [3.8, 4) is 10.4 Å². The van der Waals surface area contributed by atoms with E-state index in [1.807, 2.05) is 12.1 Å². The molecule has 1 atom stereocenters. The zero-order valence-corrected chi connectivity index (χ0v) is 16.2. The van der Waals surface area contributed by atoms with Crippen LogP contribution in [0.15, 0.2) is 30.3 Å². The van der Waals surface area contributed by atoms with Gasteiger partial charge >= 0.3 is 6.09 Å². The van der Waals surface area contributed by atoms with E-state index in [-0.39, 0.29) is 19.0 Å². The van der Waals surface area contributed by atoms with Gasteiger partial charge in [0, 0.05) is 28.7 Å². The summed E-state index contributed by atoms with van der Waals surface area (Å²) in [5.74, 6) is -0.0753. The molecule has 0 spiro atoms. The van der Waals surface area contributed by atoms with Gasteiger partial charge in [0.2, 0.25) is 5.91 Å². The van der Waals surface area contributed by atoms with Gasteiger partial charge < -0.3 is 10.1 Å². The number of carbonyl (C=O) groups is 2. The Bertz CT molecular complexity index is 1040. The zero-order valence-electron chi connectivity index (χ0n) is 15.4. The molecule has 1 aliphatic rings. The van der Waals surface area contributed by atoms with Gasteiger partial charge in [-0.2, -0.15) is 5.21 Å². The van der Waals surface area contributed by atoms with E-state index in [2.05, 4.69) is 25.9 Å². The number of thiophene rings is 1. The fraction of sp³-hybridized carbons (Fsp3) is 0.278. The molecule has 1 unspecified atom stereocenters. The number of aromatic nitrogens is 4. The topological polar surface area (TPSA) is 113 Å². The molecule has 4 rings (SSSR count). The molecule has 2 aromatic heterocycles. The number of hydrogen-bond acceptors (Lipinski definition) is 7. The third-order valence-electron chi connectivity index (χ3n) is 4.37. The van der Waals surface area contributed by atoms with Crippen LogP contribution in [0.4, 0.5) is 14.9 Å². The normalized spacial score (nSPS) is 16.1. The minimum atomic E-state index is -0.564. The predicted molar refractivity (Wildman–Crippen MR) is 103 cm³/mol. The Balaban J connectivity index is 1.48. The molecule has 1 aliphatic heterocycles. The molecule has 0 aliphatic carbocycles. The lowest BCUT2D eigenvalue weighted by Crippen LogP contribution is -2.33. The second-order valence-electron chi connectivity index (χ2n) is 6.49. The lowest BCUT2D eigenvalue weighted by Gasteiger charge is -2.14. The average molecular weight is 416 g/mol. The SMILES string of the molecule is CC(=O)NCC1CN(c2ccc(-c3ccc(Cc4nn[nH]n4)s3)c(F)c2)C(=O)O1. The number of nitrogens with one attached hydrogen (secondary N) is 2. The van der Waals surface area contributed by atoms with E-state index in [0.717, 1.165) is 9.75 Å². The van der Waals surface area contributed by atoms with E-state index in [4.69, 9.17) is 4.74 Å². The summed E-state index contributed by atoms with van der Waals surface area (Å²) in [6.07, 6.45) is -0.527. The van der Waals surface area contributed by atoms with Crippen molar-refractivity contribution in [3.63, 3.8) is 0 Å². The third kappa shape index (κ3) is 4.24. The van der Waals surface area contributed by atoms with Crippen LogP contribution >= 0.6 is 11.3 Å². The Morgan fingerprint density at radius 2 is 2.28 bits per heavy atom. The standard InChI is InChI=1S/C18H17FN6O3S/c1-10(26)20-8-12-9-25(18(27)28-12)11-2-4-14(15(19)6-11)16-5-3-13(29-16)7-17-21-23-24-22-17/h2-6,12H,7-9H2,1H3,(H,20,26)(H,21,22,23,24). The van der Waals surface area contributed by atoms with Gasteiger partial charge in [0.15, 0.2) is 5.82 Å². The first kappa shape index (κ1) is 19.0. The van der Waals surface area contributed by atoms with Gasteiger partial charge in [-0.25, -0.2) is 9.18 Å². The number of nitrogens with zero attached hydrogens (tertiary/aromatic N) is 4. The Labute approximate surface area is 168 Å². The number of H-pyrrole nitrogens is 1. The molecular weight excluding hydrogens is 399 g/mol. The summed E-state index contributed by atoms with van der Waals surface area (Å²) in [6.45, 7) is 1.85. The number of amides is 2. The number of rotatable bonds is 6. The van der Waals surface area contributed by atoms with Crippen molar-refractivity contribution in [2.75, 3.05) is 18.0 Å². The van der Waals surface area contributed by atoms with Crippen LogP contribution in [0.5, 0.6) is 0 Å². The van der Waals surface area contributed by atoms with Crippen LogP contribution in [0.3, 0.4) is 0 Å². The molecule has 1 fully saturated rings. The Kier molecular flexibility index (Phi) is 5.21. The maximum absolute atomic E-state index is 14.8. The third-order valence-corrected chi connectivity index (χ3v) is 5.48. The molecule has 11 heteroatoms. The molecule has 9 nitrogen and oxygen atoms in total. The van der Waals surface area contributed by atoms with Gasteiger partial charge in [0.25, 0.3) is 0 Å². The lowest BCUT2D eigenvalue weighted by molar-refractivity contribution is -0.119. The number of tetrazole rings is 1. The molecule has 2 amide bonds. The van der Waals surface area contributed by atoms with Crippen molar-refractivity contribution < 1.29 is 18.7 Å². The molecule has 3 heterocycles. The minimum Gasteiger partial charge on any atom is -0.442 e. The summed E-state index contributed by atoms with van der Waals surface area (Å²) in [7, 11) is 0. The van der Waals surface area contributed by atoms with E-state index in [0.29, 0.717) is 23.5 Å². The number of benzene rings is 1. The van der Waals surface area contributed by atoms with Crippen molar-refractivity contribution in [3.05, 3.63) is 46.9 Å². The van der Waals surface area contributed by atoms with Crippen LogP contribution in [0.1, 0.15) is 17.6 Å². The van der Waals surface area contributed by atoms with Gasteiger partial charge in [-0.1, -0.05) is 5.21 Å². The van der Waals surface area contributed by atoms with Crippen LogP contribution < -0.4 is 10.2 Å². The summed E-state index contributed by atoms with van der Waals surface area (Å²) in [4.78, 5) is 26.2. The molecule has 29 heavy (non-hydrogen) atoms. The number of hydrogen-bond donors (Lipinski definition) is 2. The highest BCUT2D eigenvalue weighted by molar-refractivity contribution is 7.15. The fourth-order valence-corrected chi connectivity index (χ4v) is 4.03. The molecule has 0 saturated carbocycles. The molecule has 0 bridgehead atoms. The summed E-state index contributed by atoms with van der Waals surface area (Å²) >= 11 is 1.44. The summed E-state index contributed by atoms with van der Waals surface area (Å²) in [6, 6.07) is 8.37. The first-order valence-electron chi connectivity index (χ1n) is 8.83. The maximum atomic E-state index is 14.8. The second-order valence-corrected chi connectivity index (χ2v) is 7.66. The van der Waals surface area contributed by atoms with Gasteiger partial charge in [-0.05, 0) is 30.3 Å². The van der Waals surface area contributed by atoms with Gasteiger partial charge in [-0.3, -0.25) is 9.69 Å². The molecule has 150 valence electrons. The van der Waals surface area contributed by atoms with Crippen molar-refractivity contribution in [1.29, 1.82) is 0 Å². The Morgan fingerprint density at radius 1 is 1.41 bits per heavy atom. The van der Waals surface area contributed by atoms with Crippen molar-refractivity contribution in [2.45, 2.75) is 19.4 Å². The van der Waals surface area contributed by atoms with Gasteiger partial charge in [0.1, 0.15) is 11.9 Å². The van der Waals surface area contributed by atoms with Gasteiger partial charge in [-0.15, -0.1) is 21.5 Å². The number of ether oxygens (including phenoxy) is 1. The quantitative estimate of drug-likeness (QED) is 0.636.